The van der Waals surface area contributed by atoms with Crippen molar-refractivity contribution in [2.75, 3.05) is 20.8 Å². The minimum absolute atomic E-state index is 0.184. The Morgan fingerprint density at radius 1 is 1.22 bits per heavy atom. The van der Waals surface area contributed by atoms with E-state index in [1.54, 1.807) is 14.2 Å². The van der Waals surface area contributed by atoms with E-state index >= 15 is 0 Å². The minimum Gasteiger partial charge on any atom is -0.493 e. The topological polar surface area (TPSA) is 47.6 Å². The number of ether oxygens (including phenoxy) is 2. The van der Waals surface area contributed by atoms with Gasteiger partial charge in [-0.2, -0.15) is 0 Å². The van der Waals surface area contributed by atoms with Crippen molar-refractivity contribution in [3.05, 3.63) is 23.8 Å². The first-order valence-corrected chi connectivity index (χ1v) is 10.2. The van der Waals surface area contributed by atoms with Crippen molar-refractivity contribution in [3.63, 3.8) is 0 Å². The molecule has 1 aliphatic rings. The zero-order chi connectivity index (χ0) is 20.0. The molecule has 27 heavy (non-hydrogen) atoms. The Morgan fingerprint density at radius 3 is 2.56 bits per heavy atom. The van der Waals surface area contributed by atoms with Crippen LogP contribution in [-0.2, 0) is 11.2 Å². The van der Waals surface area contributed by atoms with Gasteiger partial charge in [0.25, 0.3) is 0 Å². The molecular weight excluding hydrogens is 338 g/mol. The van der Waals surface area contributed by atoms with Gasteiger partial charge < -0.3 is 14.8 Å². The molecule has 152 valence electrons. The molecule has 0 spiro atoms. The smallest absolute Gasteiger partial charge is 0.220 e. The number of amides is 1. The number of carbonyl (C=O) groups is 1. The summed E-state index contributed by atoms with van der Waals surface area (Å²) < 4.78 is 10.6. The summed E-state index contributed by atoms with van der Waals surface area (Å²) in [4.78, 5) is 12.5. The first kappa shape index (κ1) is 21.6. The van der Waals surface area contributed by atoms with Gasteiger partial charge >= 0.3 is 0 Å². The van der Waals surface area contributed by atoms with Gasteiger partial charge in [0.15, 0.2) is 11.5 Å². The molecule has 1 aliphatic carbocycles. The molecule has 0 aliphatic heterocycles. The van der Waals surface area contributed by atoms with E-state index < -0.39 is 0 Å². The van der Waals surface area contributed by atoms with Gasteiger partial charge in [-0.05, 0) is 66.5 Å². The maximum absolute atomic E-state index is 12.5. The van der Waals surface area contributed by atoms with Crippen molar-refractivity contribution in [1.82, 2.24) is 5.32 Å². The molecule has 1 N–H and O–H groups in total. The standard InChI is InChI=1S/C23H37NO3/c1-16(2)19-9-11-23(3,4)15-18(19)14-22(25)24-12-10-17-7-8-20(26-5)21(13-17)27-6/h7-8,13,16,18-19H,9-12,14-15H2,1-6H3,(H,24,25). The molecule has 2 atom stereocenters. The van der Waals surface area contributed by atoms with Crippen molar-refractivity contribution >= 4 is 5.91 Å². The van der Waals surface area contributed by atoms with Crippen LogP contribution in [0, 0.1) is 23.2 Å². The molecule has 0 radical (unpaired) electrons. The lowest BCUT2D eigenvalue weighted by atomic mass is 9.63. The summed E-state index contributed by atoms with van der Waals surface area (Å²) in [5.74, 6) is 3.44. The average Bonchev–Trinajstić information content (AvgIpc) is 2.60. The third-order valence-corrected chi connectivity index (χ3v) is 6.06. The van der Waals surface area contributed by atoms with Crippen LogP contribution < -0.4 is 14.8 Å². The van der Waals surface area contributed by atoms with Gasteiger partial charge in [-0.15, -0.1) is 0 Å². The molecular formula is C23H37NO3. The number of methoxy groups -OCH3 is 2. The van der Waals surface area contributed by atoms with E-state index in [9.17, 15) is 4.79 Å². The Morgan fingerprint density at radius 2 is 1.93 bits per heavy atom. The van der Waals surface area contributed by atoms with Crippen LogP contribution in [0.1, 0.15) is 58.9 Å². The Bertz CT molecular complexity index is 624. The summed E-state index contributed by atoms with van der Waals surface area (Å²) >= 11 is 0. The van der Waals surface area contributed by atoms with Gasteiger partial charge in [-0.1, -0.05) is 33.8 Å². The lowest BCUT2D eigenvalue weighted by Crippen LogP contribution is -2.36. The Kier molecular flexibility index (Phi) is 7.58. The SMILES string of the molecule is COc1ccc(CCNC(=O)CC2CC(C)(C)CCC2C(C)C)cc1OC. The third kappa shape index (κ3) is 6.15. The molecule has 1 saturated carbocycles. The van der Waals surface area contributed by atoms with E-state index in [4.69, 9.17) is 9.47 Å². The molecule has 0 bridgehead atoms. The van der Waals surface area contributed by atoms with Crippen molar-refractivity contribution in [2.45, 2.75) is 59.8 Å². The fourth-order valence-corrected chi connectivity index (χ4v) is 4.55. The second kappa shape index (κ2) is 9.48. The molecule has 0 aromatic heterocycles. The number of nitrogens with one attached hydrogen (secondary N) is 1. The van der Waals surface area contributed by atoms with E-state index in [1.807, 2.05) is 18.2 Å². The highest BCUT2D eigenvalue weighted by atomic mass is 16.5. The molecule has 0 heterocycles. The van der Waals surface area contributed by atoms with Gasteiger partial charge in [-0.25, -0.2) is 0 Å². The summed E-state index contributed by atoms with van der Waals surface area (Å²) in [7, 11) is 3.27. The molecule has 4 nitrogen and oxygen atoms in total. The summed E-state index contributed by atoms with van der Waals surface area (Å²) in [6, 6.07) is 5.91. The third-order valence-electron chi connectivity index (χ3n) is 6.06. The highest BCUT2D eigenvalue weighted by Gasteiger charge is 2.36. The van der Waals surface area contributed by atoms with Gasteiger partial charge in [0.1, 0.15) is 0 Å². The zero-order valence-corrected chi connectivity index (χ0v) is 17.9. The van der Waals surface area contributed by atoms with Gasteiger partial charge in [0.05, 0.1) is 14.2 Å². The van der Waals surface area contributed by atoms with Gasteiger partial charge in [0, 0.05) is 13.0 Å². The van der Waals surface area contributed by atoms with Crippen molar-refractivity contribution in [3.8, 4) is 11.5 Å². The van der Waals surface area contributed by atoms with Crippen LogP contribution >= 0.6 is 0 Å². The van der Waals surface area contributed by atoms with Crippen LogP contribution in [-0.4, -0.2) is 26.7 Å². The number of rotatable bonds is 8. The van der Waals surface area contributed by atoms with Crippen molar-refractivity contribution in [1.29, 1.82) is 0 Å². The largest absolute Gasteiger partial charge is 0.493 e. The Hall–Kier alpha value is -1.71. The first-order valence-electron chi connectivity index (χ1n) is 10.2. The van der Waals surface area contributed by atoms with Crippen LogP contribution in [0.25, 0.3) is 0 Å². The summed E-state index contributed by atoms with van der Waals surface area (Å²) in [6.45, 7) is 9.92. The monoisotopic (exact) mass is 375 g/mol. The summed E-state index contributed by atoms with van der Waals surface area (Å²) in [5, 5.41) is 3.12. The number of hydrogen-bond donors (Lipinski definition) is 1. The second-order valence-corrected chi connectivity index (χ2v) is 9.07. The number of carbonyl (C=O) groups excluding carboxylic acids is 1. The fourth-order valence-electron chi connectivity index (χ4n) is 4.55. The summed E-state index contributed by atoms with van der Waals surface area (Å²) in [5.41, 5.74) is 1.49. The maximum atomic E-state index is 12.5. The predicted octanol–water partition coefficient (Wildman–Crippen LogP) is 4.85. The maximum Gasteiger partial charge on any atom is 0.220 e. The first-order chi connectivity index (χ1) is 12.8. The van der Waals surface area contributed by atoms with Crippen LogP contribution in [0.15, 0.2) is 18.2 Å². The molecule has 2 unspecified atom stereocenters. The van der Waals surface area contributed by atoms with E-state index in [1.165, 1.54) is 12.8 Å². The minimum atomic E-state index is 0.184. The molecule has 1 aromatic rings. The van der Waals surface area contributed by atoms with Crippen molar-refractivity contribution < 1.29 is 14.3 Å². The second-order valence-electron chi connectivity index (χ2n) is 9.07. The molecule has 2 rings (SSSR count). The van der Waals surface area contributed by atoms with Crippen LogP contribution in [0.5, 0.6) is 11.5 Å². The van der Waals surface area contributed by atoms with Crippen molar-refractivity contribution in [2.24, 2.45) is 23.2 Å². The lowest BCUT2D eigenvalue weighted by Gasteiger charge is -2.42. The molecule has 0 saturated heterocycles. The highest BCUT2D eigenvalue weighted by molar-refractivity contribution is 5.76. The molecule has 1 fully saturated rings. The normalized spacial score (nSPS) is 21.7. The van der Waals surface area contributed by atoms with E-state index in [2.05, 4.69) is 33.0 Å². The fraction of sp³-hybridized carbons (Fsp3) is 0.696. The molecule has 4 heteroatoms. The quantitative estimate of drug-likeness (QED) is 0.706. The van der Waals surface area contributed by atoms with E-state index in [0.29, 0.717) is 36.1 Å². The van der Waals surface area contributed by atoms with Gasteiger partial charge in [-0.3, -0.25) is 4.79 Å². The Labute approximate surface area is 165 Å². The predicted molar refractivity (Wildman–Crippen MR) is 110 cm³/mol. The highest BCUT2D eigenvalue weighted by Crippen LogP contribution is 2.45. The Balaban J connectivity index is 1.86. The molecule has 1 aromatic carbocycles. The average molecular weight is 376 g/mol. The zero-order valence-electron chi connectivity index (χ0n) is 17.9. The van der Waals surface area contributed by atoms with Gasteiger partial charge in [0.2, 0.25) is 5.91 Å². The lowest BCUT2D eigenvalue weighted by molar-refractivity contribution is -0.123. The van der Waals surface area contributed by atoms with Crippen LogP contribution in [0.4, 0.5) is 0 Å². The van der Waals surface area contributed by atoms with E-state index in [0.717, 1.165) is 29.9 Å². The van der Waals surface area contributed by atoms with Crippen LogP contribution in [0.2, 0.25) is 0 Å². The van der Waals surface area contributed by atoms with Crippen LogP contribution in [0.3, 0.4) is 0 Å². The van der Waals surface area contributed by atoms with E-state index in [-0.39, 0.29) is 5.91 Å². The number of hydrogen-bond acceptors (Lipinski definition) is 3. The summed E-state index contributed by atoms with van der Waals surface area (Å²) in [6.07, 6.45) is 5.11. The number of benzene rings is 1. The molecule has 1 amide bonds.